The molecule has 5 nitrogen and oxygen atoms in total. The predicted molar refractivity (Wildman–Crippen MR) is 58.4 cm³/mol. The fourth-order valence-corrected chi connectivity index (χ4v) is 2.18. The molecule has 0 aromatic carbocycles. The molecule has 84 valence electrons. The van der Waals surface area contributed by atoms with Crippen LogP contribution in [0.3, 0.4) is 0 Å². The van der Waals surface area contributed by atoms with Crippen LogP contribution >= 0.6 is 11.8 Å². The van der Waals surface area contributed by atoms with Gasteiger partial charge >= 0.3 is 0 Å². The molecule has 1 aliphatic heterocycles. The van der Waals surface area contributed by atoms with E-state index in [1.807, 2.05) is 36.1 Å². The first-order chi connectivity index (χ1) is 6.65. The first-order valence-electron chi connectivity index (χ1n) is 4.32. The van der Waals surface area contributed by atoms with Crippen molar-refractivity contribution in [3.63, 3.8) is 0 Å². The van der Waals surface area contributed by atoms with Gasteiger partial charge in [0.05, 0.1) is 7.05 Å². The standard InChI is InChI=1S/C8H13N5S.ClH/c1-12-4-10-6-5(12)7(14-3)11-8(9)13(6)2;/h4,8H,9H2,1-3H3;1H. The van der Waals surface area contributed by atoms with Gasteiger partial charge in [0.2, 0.25) is 17.8 Å². The molecule has 0 bridgehead atoms. The zero-order valence-electron chi connectivity index (χ0n) is 8.86. The number of H-pyrrole nitrogens is 1. The van der Waals surface area contributed by atoms with Crippen molar-refractivity contribution < 1.29 is 17.0 Å². The van der Waals surface area contributed by atoms with Crippen molar-refractivity contribution in [2.45, 2.75) is 6.29 Å². The van der Waals surface area contributed by atoms with Gasteiger partial charge in [-0.15, -0.1) is 11.8 Å². The van der Waals surface area contributed by atoms with E-state index < -0.39 is 0 Å². The van der Waals surface area contributed by atoms with Crippen LogP contribution in [0, 0.1) is 0 Å². The summed E-state index contributed by atoms with van der Waals surface area (Å²) in [4.78, 5) is 9.51. The van der Waals surface area contributed by atoms with E-state index in [9.17, 15) is 0 Å². The molecule has 1 aliphatic rings. The molecule has 0 radical (unpaired) electrons. The fraction of sp³-hybridized carbons (Fsp3) is 0.500. The number of fused-ring (bicyclic) bond motifs is 1. The first kappa shape index (κ1) is 12.4. The molecule has 0 saturated carbocycles. The Morgan fingerprint density at radius 3 is 2.93 bits per heavy atom. The number of rotatable bonds is 0. The lowest BCUT2D eigenvalue weighted by Crippen LogP contribution is -3.00. The van der Waals surface area contributed by atoms with Crippen LogP contribution in [0.1, 0.15) is 5.69 Å². The van der Waals surface area contributed by atoms with Crippen molar-refractivity contribution in [2.24, 2.45) is 17.8 Å². The molecule has 1 unspecified atom stereocenters. The van der Waals surface area contributed by atoms with Crippen LogP contribution in [0.15, 0.2) is 11.3 Å². The Bertz CT molecular complexity index is 388. The molecule has 0 fully saturated rings. The number of hydrogen-bond donors (Lipinski definition) is 2. The lowest BCUT2D eigenvalue weighted by Gasteiger charge is -2.24. The van der Waals surface area contributed by atoms with E-state index in [2.05, 4.69) is 9.98 Å². The Morgan fingerprint density at radius 2 is 2.33 bits per heavy atom. The van der Waals surface area contributed by atoms with E-state index >= 15 is 0 Å². The molecule has 7 heteroatoms. The summed E-state index contributed by atoms with van der Waals surface area (Å²) in [6.45, 7) is 0. The minimum absolute atomic E-state index is 0. The van der Waals surface area contributed by atoms with Crippen molar-refractivity contribution >= 4 is 22.6 Å². The second-order valence-corrected chi connectivity index (χ2v) is 4.04. The van der Waals surface area contributed by atoms with Gasteiger partial charge in [0.15, 0.2) is 6.29 Å². The number of nitrogens with two attached hydrogens (primary N) is 1. The van der Waals surface area contributed by atoms with Gasteiger partial charge in [0.1, 0.15) is 5.04 Å². The monoisotopic (exact) mass is 247 g/mol. The lowest BCUT2D eigenvalue weighted by molar-refractivity contribution is -0.670. The maximum Gasteiger partial charge on any atom is 0.248 e. The number of aryl methyl sites for hydroxylation is 1. The third-order valence-electron chi connectivity index (χ3n) is 2.37. The van der Waals surface area contributed by atoms with Crippen molar-refractivity contribution in [3.05, 3.63) is 12.0 Å². The molecule has 15 heavy (non-hydrogen) atoms. The third kappa shape index (κ3) is 1.84. The number of nitrogens with zero attached hydrogens (tertiary/aromatic N) is 3. The average Bonchev–Trinajstić information content (AvgIpc) is 2.55. The number of imidazole rings is 1. The summed E-state index contributed by atoms with van der Waals surface area (Å²) in [7, 11) is 3.92. The number of thioether (sulfide) groups is 1. The van der Waals surface area contributed by atoms with E-state index in [0.29, 0.717) is 0 Å². The van der Waals surface area contributed by atoms with Crippen molar-refractivity contribution in [1.82, 2.24) is 4.98 Å². The van der Waals surface area contributed by atoms with Crippen molar-refractivity contribution in [3.8, 4) is 0 Å². The summed E-state index contributed by atoms with van der Waals surface area (Å²) < 4.78 is 2.02. The highest BCUT2D eigenvalue weighted by molar-refractivity contribution is 8.13. The minimum Gasteiger partial charge on any atom is -1.00 e. The second kappa shape index (κ2) is 4.42. The molecule has 1 aromatic heterocycles. The Hall–Kier alpha value is -0.720. The molecule has 1 atom stereocenters. The van der Waals surface area contributed by atoms with Gasteiger partial charge in [-0.1, -0.05) is 0 Å². The zero-order chi connectivity index (χ0) is 10.3. The Morgan fingerprint density at radius 1 is 1.67 bits per heavy atom. The van der Waals surface area contributed by atoms with Crippen LogP contribution < -0.4 is 27.6 Å². The maximum absolute atomic E-state index is 5.86. The number of anilines is 1. The summed E-state index contributed by atoms with van der Waals surface area (Å²) in [6, 6.07) is 0. The van der Waals surface area contributed by atoms with Crippen LogP contribution in [-0.2, 0) is 7.05 Å². The Labute approximate surface area is 99.2 Å². The van der Waals surface area contributed by atoms with E-state index in [1.54, 1.807) is 11.8 Å². The lowest BCUT2D eigenvalue weighted by atomic mass is 10.3. The molecular weight excluding hydrogens is 234 g/mol. The molecular formula is C8H14ClN5S. The van der Waals surface area contributed by atoms with Crippen LogP contribution in [0.4, 0.5) is 5.82 Å². The second-order valence-electron chi connectivity index (χ2n) is 3.24. The summed E-state index contributed by atoms with van der Waals surface area (Å²) in [5.41, 5.74) is 6.96. The van der Waals surface area contributed by atoms with Gasteiger partial charge in [0.25, 0.3) is 0 Å². The molecule has 0 saturated heterocycles. The summed E-state index contributed by atoms with van der Waals surface area (Å²) in [6.07, 6.45) is 3.63. The van der Waals surface area contributed by atoms with E-state index in [0.717, 1.165) is 16.6 Å². The molecule has 2 heterocycles. The van der Waals surface area contributed by atoms with E-state index in [4.69, 9.17) is 5.73 Å². The van der Waals surface area contributed by atoms with Crippen LogP contribution in [0.25, 0.3) is 0 Å². The van der Waals surface area contributed by atoms with Crippen LogP contribution in [0.2, 0.25) is 0 Å². The van der Waals surface area contributed by atoms with Crippen LogP contribution in [-0.4, -0.2) is 29.6 Å². The highest BCUT2D eigenvalue weighted by Gasteiger charge is 2.31. The number of aromatic nitrogens is 2. The predicted octanol–water partition coefficient (Wildman–Crippen LogP) is -3.36. The van der Waals surface area contributed by atoms with Gasteiger partial charge in [0, 0.05) is 7.05 Å². The molecule has 0 aliphatic carbocycles. The summed E-state index contributed by atoms with van der Waals surface area (Å²) >= 11 is 1.62. The molecule has 0 spiro atoms. The average molecular weight is 248 g/mol. The number of aliphatic imine (C=N–C) groups is 1. The fourth-order valence-electron chi connectivity index (χ4n) is 1.53. The van der Waals surface area contributed by atoms with Crippen molar-refractivity contribution in [1.29, 1.82) is 0 Å². The summed E-state index contributed by atoms with van der Waals surface area (Å²) in [5.74, 6) is 1.03. The zero-order valence-corrected chi connectivity index (χ0v) is 10.4. The maximum atomic E-state index is 5.86. The first-order valence-corrected chi connectivity index (χ1v) is 5.55. The molecule has 1 aromatic rings. The number of halogens is 1. The Balaban J connectivity index is 0.00000112. The topological polar surface area (TPSA) is 61.3 Å². The molecule has 0 amide bonds. The number of aromatic amines is 1. The number of hydrogen-bond acceptors (Lipinski definition) is 4. The summed E-state index contributed by atoms with van der Waals surface area (Å²) in [5, 5.41) is 0.981. The molecule has 3 N–H and O–H groups in total. The van der Waals surface area contributed by atoms with E-state index in [-0.39, 0.29) is 18.7 Å². The smallest absolute Gasteiger partial charge is 0.248 e. The van der Waals surface area contributed by atoms with Crippen molar-refractivity contribution in [2.75, 3.05) is 18.2 Å². The SMILES string of the molecule is CSC1=NC(N)N(C)c2[nH]c[n+](C)c21.[Cl-]. The highest BCUT2D eigenvalue weighted by atomic mass is 35.5. The minimum atomic E-state index is -0.288. The van der Waals surface area contributed by atoms with E-state index in [1.165, 1.54) is 0 Å². The van der Waals surface area contributed by atoms with Gasteiger partial charge < -0.3 is 17.3 Å². The largest absolute Gasteiger partial charge is 1.00 e. The third-order valence-corrected chi connectivity index (χ3v) is 3.05. The normalized spacial score (nSPS) is 19.3. The van der Waals surface area contributed by atoms with Gasteiger partial charge in [-0.3, -0.25) is 5.73 Å². The van der Waals surface area contributed by atoms with Crippen LogP contribution in [0.5, 0.6) is 0 Å². The molecule has 2 rings (SSSR count). The quantitative estimate of drug-likeness (QED) is 0.471. The van der Waals surface area contributed by atoms with Gasteiger partial charge in [-0.2, -0.15) is 0 Å². The highest BCUT2D eigenvalue weighted by Crippen LogP contribution is 2.24. The Kier molecular flexibility index (Phi) is 3.64. The number of nitrogens with one attached hydrogen (secondary N) is 1. The van der Waals surface area contributed by atoms with Gasteiger partial charge in [-0.05, 0) is 6.26 Å². The van der Waals surface area contributed by atoms with Gasteiger partial charge in [-0.25, -0.2) is 14.5 Å².